The van der Waals surface area contributed by atoms with Crippen molar-refractivity contribution in [1.29, 1.82) is 0 Å². The van der Waals surface area contributed by atoms with Crippen LogP contribution in [0.4, 0.5) is 5.69 Å². The summed E-state index contributed by atoms with van der Waals surface area (Å²) in [5.41, 5.74) is 2.13. The molecule has 0 saturated heterocycles. The third kappa shape index (κ3) is 4.24. The highest BCUT2D eigenvalue weighted by molar-refractivity contribution is 5.77. The fraction of sp³-hybridized carbons (Fsp3) is 0.533. The molecule has 0 aromatic heterocycles. The smallest absolute Gasteiger partial charge is 0.246 e. The summed E-state index contributed by atoms with van der Waals surface area (Å²) < 4.78 is 5.47. The van der Waals surface area contributed by atoms with Gasteiger partial charge in [0.2, 0.25) is 5.91 Å². The predicted molar refractivity (Wildman–Crippen MR) is 76.3 cm³/mol. The van der Waals surface area contributed by atoms with Gasteiger partial charge in [0.25, 0.3) is 0 Å². The number of carbonyl (C=O) groups excluding carboxylic acids is 1. The number of rotatable bonds is 3. The molecule has 104 valence electrons. The lowest BCUT2D eigenvalue weighted by molar-refractivity contribution is -0.131. The van der Waals surface area contributed by atoms with Gasteiger partial charge in [-0.1, -0.05) is 18.2 Å². The van der Waals surface area contributed by atoms with Crippen LogP contribution in [0.3, 0.4) is 0 Å². The van der Waals surface area contributed by atoms with E-state index in [2.05, 4.69) is 22.8 Å². The van der Waals surface area contributed by atoms with E-state index in [-0.39, 0.29) is 24.2 Å². The Labute approximate surface area is 114 Å². The van der Waals surface area contributed by atoms with Gasteiger partial charge in [-0.3, -0.25) is 4.79 Å². The minimum Gasteiger partial charge on any atom is -0.383 e. The highest BCUT2D eigenvalue weighted by Gasteiger charge is 2.20. The first-order chi connectivity index (χ1) is 8.94. The molecule has 0 spiro atoms. The minimum absolute atomic E-state index is 0.0545. The van der Waals surface area contributed by atoms with E-state index < -0.39 is 0 Å². The van der Waals surface area contributed by atoms with Crippen molar-refractivity contribution < 1.29 is 9.53 Å². The molecular formula is C15H22N2O2. The summed E-state index contributed by atoms with van der Waals surface area (Å²) in [4.78, 5) is 11.8. The Morgan fingerprint density at radius 1 is 1.42 bits per heavy atom. The summed E-state index contributed by atoms with van der Waals surface area (Å²) in [6.45, 7) is 6.70. The molecule has 1 aromatic rings. The molecule has 1 atom stereocenters. The van der Waals surface area contributed by atoms with Crippen molar-refractivity contribution in [2.75, 3.05) is 18.5 Å². The molecule has 4 heteroatoms. The molecule has 0 aliphatic carbocycles. The Kier molecular flexibility index (Phi) is 4.10. The number of fused-ring (bicyclic) bond motifs is 1. The fourth-order valence-corrected chi connectivity index (χ4v) is 2.09. The van der Waals surface area contributed by atoms with Crippen molar-refractivity contribution >= 4 is 11.6 Å². The van der Waals surface area contributed by atoms with Gasteiger partial charge in [-0.25, -0.2) is 0 Å². The molecule has 0 radical (unpaired) electrons. The lowest BCUT2D eigenvalue weighted by Gasteiger charge is -2.27. The number of amides is 1. The molecule has 2 N–H and O–H groups in total. The first kappa shape index (κ1) is 13.9. The molecule has 1 heterocycles. The second-order valence-corrected chi connectivity index (χ2v) is 5.91. The number of para-hydroxylation sites is 1. The first-order valence-electron chi connectivity index (χ1n) is 6.69. The van der Waals surface area contributed by atoms with Gasteiger partial charge < -0.3 is 15.4 Å². The van der Waals surface area contributed by atoms with Gasteiger partial charge in [0, 0.05) is 12.2 Å². The molecule has 1 aliphatic rings. The number of nitrogens with one attached hydrogen (secondary N) is 2. The number of carbonyl (C=O) groups is 1. The maximum absolute atomic E-state index is 11.8. The Hall–Kier alpha value is -1.55. The summed E-state index contributed by atoms with van der Waals surface area (Å²) in [5, 5.41) is 6.34. The molecule has 1 unspecified atom stereocenters. The van der Waals surface area contributed by atoms with Crippen LogP contribution in [0.5, 0.6) is 0 Å². The number of benzene rings is 1. The quantitative estimate of drug-likeness (QED) is 0.875. The molecule has 2 rings (SSSR count). The maximum Gasteiger partial charge on any atom is 0.246 e. The lowest BCUT2D eigenvalue weighted by Crippen LogP contribution is -2.45. The molecule has 1 aliphatic heterocycles. The fourth-order valence-electron chi connectivity index (χ4n) is 2.09. The van der Waals surface area contributed by atoms with Gasteiger partial charge in [-0.05, 0) is 38.8 Å². The lowest BCUT2D eigenvalue weighted by atomic mass is 10.00. The molecule has 0 saturated carbocycles. The van der Waals surface area contributed by atoms with Crippen LogP contribution in [0.2, 0.25) is 0 Å². The summed E-state index contributed by atoms with van der Waals surface area (Å²) in [6.07, 6.45) is 0.866. The van der Waals surface area contributed by atoms with Gasteiger partial charge in [0.15, 0.2) is 0 Å². The molecule has 4 nitrogen and oxygen atoms in total. The molecular weight excluding hydrogens is 240 g/mol. The number of anilines is 1. The van der Waals surface area contributed by atoms with E-state index in [4.69, 9.17) is 4.74 Å². The van der Waals surface area contributed by atoms with Crippen LogP contribution in [-0.2, 0) is 16.0 Å². The van der Waals surface area contributed by atoms with Crippen molar-refractivity contribution in [3.05, 3.63) is 29.8 Å². The van der Waals surface area contributed by atoms with Crippen LogP contribution in [0, 0.1) is 0 Å². The summed E-state index contributed by atoms with van der Waals surface area (Å²) in [5.74, 6) is -0.0545. The first-order valence-corrected chi connectivity index (χ1v) is 6.69. The van der Waals surface area contributed by atoms with Gasteiger partial charge in [0.1, 0.15) is 6.61 Å². The molecule has 19 heavy (non-hydrogen) atoms. The Bertz CT molecular complexity index is 452. The van der Waals surface area contributed by atoms with Crippen molar-refractivity contribution in [1.82, 2.24) is 5.32 Å². The number of hydrogen-bond acceptors (Lipinski definition) is 3. The number of hydrogen-bond donors (Lipinski definition) is 2. The summed E-state index contributed by atoms with van der Waals surface area (Å²) in [6, 6.07) is 8.32. The van der Waals surface area contributed by atoms with E-state index in [1.54, 1.807) is 0 Å². The zero-order valence-electron chi connectivity index (χ0n) is 11.8. The minimum atomic E-state index is -0.283. The van der Waals surface area contributed by atoms with Crippen molar-refractivity contribution in [2.24, 2.45) is 0 Å². The monoisotopic (exact) mass is 262 g/mol. The normalized spacial score (nSPS) is 18.4. The second-order valence-electron chi connectivity index (χ2n) is 5.91. The largest absolute Gasteiger partial charge is 0.383 e. The Morgan fingerprint density at radius 2 is 2.16 bits per heavy atom. The maximum atomic E-state index is 11.8. The van der Waals surface area contributed by atoms with Crippen LogP contribution in [0.15, 0.2) is 24.3 Å². The molecule has 1 amide bonds. The Morgan fingerprint density at radius 3 is 2.89 bits per heavy atom. The zero-order valence-corrected chi connectivity index (χ0v) is 11.8. The third-order valence-corrected chi connectivity index (χ3v) is 3.02. The van der Waals surface area contributed by atoms with Gasteiger partial charge >= 0.3 is 0 Å². The van der Waals surface area contributed by atoms with Gasteiger partial charge in [-0.2, -0.15) is 0 Å². The van der Waals surface area contributed by atoms with E-state index >= 15 is 0 Å². The Balaban J connectivity index is 1.84. The molecule has 1 aromatic carbocycles. The second kappa shape index (κ2) is 5.61. The summed E-state index contributed by atoms with van der Waals surface area (Å²) >= 11 is 0. The van der Waals surface area contributed by atoms with Crippen molar-refractivity contribution in [3.8, 4) is 0 Å². The van der Waals surface area contributed by atoms with Crippen LogP contribution in [0.1, 0.15) is 26.3 Å². The van der Waals surface area contributed by atoms with E-state index in [1.165, 1.54) is 11.3 Å². The highest BCUT2D eigenvalue weighted by Crippen LogP contribution is 2.20. The standard InChI is InChI=1S/C15H22N2O2/c1-15(2,3)19-10-14(18)17-12-8-11-6-4-5-7-13(11)16-9-12/h4-7,12,16H,8-10H2,1-3H3,(H,17,18). The number of ether oxygens (including phenoxy) is 1. The van der Waals surface area contributed by atoms with Gasteiger partial charge in [-0.15, -0.1) is 0 Å². The van der Waals surface area contributed by atoms with Crippen LogP contribution in [0.25, 0.3) is 0 Å². The van der Waals surface area contributed by atoms with Crippen molar-refractivity contribution in [3.63, 3.8) is 0 Å². The van der Waals surface area contributed by atoms with Gasteiger partial charge in [0.05, 0.1) is 11.6 Å². The average Bonchev–Trinajstić information content (AvgIpc) is 2.35. The third-order valence-electron chi connectivity index (χ3n) is 3.02. The SMILES string of the molecule is CC(C)(C)OCC(=O)NC1CNc2ccccc2C1. The average molecular weight is 262 g/mol. The van der Waals surface area contributed by atoms with Crippen LogP contribution >= 0.6 is 0 Å². The van der Waals surface area contributed by atoms with Crippen LogP contribution in [-0.4, -0.2) is 30.7 Å². The topological polar surface area (TPSA) is 50.4 Å². The van der Waals surface area contributed by atoms with Crippen molar-refractivity contribution in [2.45, 2.75) is 38.8 Å². The van der Waals surface area contributed by atoms with E-state index in [0.29, 0.717) is 0 Å². The summed E-state index contributed by atoms with van der Waals surface area (Å²) in [7, 11) is 0. The predicted octanol–water partition coefficient (Wildman–Crippen LogP) is 1.95. The van der Waals surface area contributed by atoms with Crippen LogP contribution < -0.4 is 10.6 Å². The van der Waals surface area contributed by atoms with E-state index in [1.807, 2.05) is 32.9 Å². The van der Waals surface area contributed by atoms with E-state index in [0.717, 1.165) is 13.0 Å². The zero-order chi connectivity index (χ0) is 13.9. The highest BCUT2D eigenvalue weighted by atomic mass is 16.5. The molecule has 0 bridgehead atoms. The molecule has 0 fully saturated rings. The van der Waals surface area contributed by atoms with E-state index in [9.17, 15) is 4.79 Å².